The van der Waals surface area contributed by atoms with E-state index in [2.05, 4.69) is 0 Å². The van der Waals surface area contributed by atoms with Gasteiger partial charge >= 0.3 is 5.97 Å². The van der Waals surface area contributed by atoms with E-state index in [1.54, 1.807) is 17.0 Å². The number of hydrogen-bond acceptors (Lipinski definition) is 4. The van der Waals surface area contributed by atoms with Crippen molar-refractivity contribution in [2.75, 3.05) is 13.1 Å². The summed E-state index contributed by atoms with van der Waals surface area (Å²) < 4.78 is 0. The van der Waals surface area contributed by atoms with Crippen LogP contribution in [0.3, 0.4) is 0 Å². The average Bonchev–Trinajstić information content (AvgIpc) is 2.47. The van der Waals surface area contributed by atoms with Gasteiger partial charge in [0.25, 0.3) is 5.69 Å². The van der Waals surface area contributed by atoms with Gasteiger partial charge in [-0.2, -0.15) is 0 Å². The molecule has 2 rings (SSSR count). The molecule has 1 amide bonds. The largest absolute Gasteiger partial charge is 0.481 e. The number of likely N-dealkylation sites (tertiary alicyclic amines) is 1. The number of amides is 1. The molecule has 1 aliphatic rings. The molecule has 118 valence electrons. The van der Waals surface area contributed by atoms with Crippen molar-refractivity contribution in [1.82, 2.24) is 4.90 Å². The number of aliphatic carboxylic acids is 1. The number of nitro benzene ring substituents is 1. The lowest BCUT2D eigenvalue weighted by atomic mass is 9.90. The van der Waals surface area contributed by atoms with E-state index >= 15 is 0 Å². The van der Waals surface area contributed by atoms with Crippen LogP contribution in [0.15, 0.2) is 24.3 Å². The first-order valence-corrected chi connectivity index (χ1v) is 7.10. The number of rotatable bonds is 4. The van der Waals surface area contributed by atoms with E-state index in [1.165, 1.54) is 12.1 Å². The maximum absolute atomic E-state index is 12.3. The molecule has 1 aromatic rings. The van der Waals surface area contributed by atoms with E-state index in [0.717, 1.165) is 0 Å². The molecule has 7 heteroatoms. The van der Waals surface area contributed by atoms with Gasteiger partial charge in [-0.1, -0.05) is 19.1 Å². The first-order valence-electron chi connectivity index (χ1n) is 7.10. The van der Waals surface area contributed by atoms with E-state index < -0.39 is 16.8 Å². The second kappa shape index (κ2) is 6.55. The zero-order chi connectivity index (χ0) is 16.3. The number of benzene rings is 1. The Kier molecular flexibility index (Phi) is 4.75. The SMILES string of the molecule is CC1CC(C(=O)O)CN(C(=O)Cc2ccc([N+](=O)[O-])cc2)C1. The lowest BCUT2D eigenvalue weighted by Crippen LogP contribution is -2.46. The minimum Gasteiger partial charge on any atom is -0.481 e. The molecule has 1 N–H and O–H groups in total. The number of carbonyl (C=O) groups excluding carboxylic acids is 1. The summed E-state index contributed by atoms with van der Waals surface area (Å²) in [7, 11) is 0. The summed E-state index contributed by atoms with van der Waals surface area (Å²) in [5.41, 5.74) is 0.662. The topological polar surface area (TPSA) is 101 Å². The van der Waals surface area contributed by atoms with Crippen molar-refractivity contribution in [3.8, 4) is 0 Å². The van der Waals surface area contributed by atoms with E-state index in [4.69, 9.17) is 5.11 Å². The molecule has 7 nitrogen and oxygen atoms in total. The molecule has 0 saturated carbocycles. The number of hydrogen-bond donors (Lipinski definition) is 1. The molecule has 1 fully saturated rings. The Hall–Kier alpha value is -2.44. The summed E-state index contributed by atoms with van der Waals surface area (Å²) >= 11 is 0. The van der Waals surface area contributed by atoms with Crippen molar-refractivity contribution >= 4 is 17.6 Å². The van der Waals surface area contributed by atoms with Gasteiger partial charge in [0, 0.05) is 25.2 Å². The molecule has 2 atom stereocenters. The van der Waals surface area contributed by atoms with Crippen LogP contribution in [0.5, 0.6) is 0 Å². The van der Waals surface area contributed by atoms with Crippen molar-refractivity contribution in [3.05, 3.63) is 39.9 Å². The molecule has 0 radical (unpaired) electrons. The van der Waals surface area contributed by atoms with E-state index in [0.29, 0.717) is 18.5 Å². The zero-order valence-electron chi connectivity index (χ0n) is 12.3. The molecule has 1 heterocycles. The van der Waals surface area contributed by atoms with Crippen LogP contribution in [0.4, 0.5) is 5.69 Å². The van der Waals surface area contributed by atoms with Gasteiger partial charge in [0.1, 0.15) is 0 Å². The summed E-state index contributed by atoms with van der Waals surface area (Å²) in [5, 5.41) is 19.7. The van der Waals surface area contributed by atoms with Crippen LogP contribution in [0, 0.1) is 22.0 Å². The fourth-order valence-electron chi connectivity index (χ4n) is 2.76. The highest BCUT2D eigenvalue weighted by molar-refractivity contribution is 5.80. The number of nitro groups is 1. The highest BCUT2D eigenvalue weighted by Gasteiger charge is 2.31. The smallest absolute Gasteiger partial charge is 0.308 e. The summed E-state index contributed by atoms with van der Waals surface area (Å²) in [4.78, 5) is 35.1. The number of carbonyl (C=O) groups is 2. The van der Waals surface area contributed by atoms with Crippen LogP contribution in [0.1, 0.15) is 18.9 Å². The second-order valence-electron chi connectivity index (χ2n) is 5.78. The Labute approximate surface area is 127 Å². The predicted octanol–water partition coefficient (Wildman–Crippen LogP) is 1.71. The minimum absolute atomic E-state index is 0.0197. The van der Waals surface area contributed by atoms with Crippen LogP contribution in [-0.4, -0.2) is 39.9 Å². The lowest BCUT2D eigenvalue weighted by Gasteiger charge is -2.34. The summed E-state index contributed by atoms with van der Waals surface area (Å²) in [6.07, 6.45) is 0.702. The van der Waals surface area contributed by atoms with Gasteiger partial charge in [0.05, 0.1) is 17.3 Å². The van der Waals surface area contributed by atoms with Gasteiger partial charge in [0.15, 0.2) is 0 Å². The number of nitrogens with zero attached hydrogens (tertiary/aromatic N) is 2. The molecule has 1 aliphatic heterocycles. The Balaban J connectivity index is 2.01. The van der Waals surface area contributed by atoms with Gasteiger partial charge in [-0.15, -0.1) is 0 Å². The van der Waals surface area contributed by atoms with Gasteiger partial charge in [-0.05, 0) is 17.9 Å². The first-order chi connectivity index (χ1) is 10.4. The average molecular weight is 306 g/mol. The molecule has 2 unspecified atom stereocenters. The molecule has 0 aromatic heterocycles. The van der Waals surface area contributed by atoms with Crippen molar-refractivity contribution in [2.45, 2.75) is 19.8 Å². The molecule has 22 heavy (non-hydrogen) atoms. The van der Waals surface area contributed by atoms with E-state index in [1.807, 2.05) is 6.92 Å². The van der Waals surface area contributed by atoms with Gasteiger partial charge in [-0.25, -0.2) is 0 Å². The maximum Gasteiger partial charge on any atom is 0.308 e. The zero-order valence-corrected chi connectivity index (χ0v) is 12.3. The second-order valence-corrected chi connectivity index (χ2v) is 5.78. The third-order valence-corrected chi connectivity index (χ3v) is 3.86. The van der Waals surface area contributed by atoms with Gasteiger partial charge in [0.2, 0.25) is 5.91 Å². The third-order valence-electron chi connectivity index (χ3n) is 3.86. The summed E-state index contributed by atoms with van der Waals surface area (Å²) in [5.74, 6) is -1.40. The molecule has 1 aromatic carbocycles. The highest BCUT2D eigenvalue weighted by atomic mass is 16.6. The molecule has 1 saturated heterocycles. The molecule has 0 aliphatic carbocycles. The molecule has 0 bridgehead atoms. The van der Waals surface area contributed by atoms with Crippen LogP contribution in [0.2, 0.25) is 0 Å². The minimum atomic E-state index is -0.875. The van der Waals surface area contributed by atoms with Crippen molar-refractivity contribution in [1.29, 1.82) is 0 Å². The van der Waals surface area contributed by atoms with Crippen molar-refractivity contribution < 1.29 is 19.6 Å². The molecular formula is C15H18N2O5. The lowest BCUT2D eigenvalue weighted by molar-refractivity contribution is -0.384. The van der Waals surface area contributed by atoms with Crippen LogP contribution >= 0.6 is 0 Å². The first kappa shape index (κ1) is 15.9. The van der Waals surface area contributed by atoms with E-state index in [-0.39, 0.29) is 30.5 Å². The maximum atomic E-state index is 12.3. The summed E-state index contributed by atoms with van der Waals surface area (Å²) in [6.45, 7) is 2.71. The van der Waals surface area contributed by atoms with Crippen LogP contribution < -0.4 is 0 Å². The fourth-order valence-corrected chi connectivity index (χ4v) is 2.76. The van der Waals surface area contributed by atoms with Crippen LogP contribution in [0.25, 0.3) is 0 Å². The molecule has 0 spiro atoms. The van der Waals surface area contributed by atoms with E-state index in [9.17, 15) is 19.7 Å². The normalized spacial score (nSPS) is 21.4. The Morgan fingerprint density at radius 3 is 2.50 bits per heavy atom. The predicted molar refractivity (Wildman–Crippen MR) is 78.3 cm³/mol. The van der Waals surface area contributed by atoms with Gasteiger partial charge < -0.3 is 10.0 Å². The monoisotopic (exact) mass is 306 g/mol. The Bertz CT molecular complexity index is 584. The third kappa shape index (κ3) is 3.81. The summed E-state index contributed by atoms with van der Waals surface area (Å²) in [6, 6.07) is 5.83. The number of piperidine rings is 1. The molecular weight excluding hydrogens is 288 g/mol. The van der Waals surface area contributed by atoms with Crippen molar-refractivity contribution in [2.24, 2.45) is 11.8 Å². The van der Waals surface area contributed by atoms with Crippen molar-refractivity contribution in [3.63, 3.8) is 0 Å². The van der Waals surface area contributed by atoms with Gasteiger partial charge in [-0.3, -0.25) is 19.7 Å². The standard InChI is InChI=1S/C15H18N2O5/c1-10-6-12(15(19)20)9-16(8-10)14(18)7-11-2-4-13(5-3-11)17(21)22/h2-5,10,12H,6-9H2,1H3,(H,19,20). The number of non-ortho nitro benzene ring substituents is 1. The van der Waals surface area contributed by atoms with Crippen LogP contribution in [-0.2, 0) is 16.0 Å². The fraction of sp³-hybridized carbons (Fsp3) is 0.467. The quantitative estimate of drug-likeness (QED) is 0.674. The highest BCUT2D eigenvalue weighted by Crippen LogP contribution is 2.22. The Morgan fingerprint density at radius 1 is 1.32 bits per heavy atom. The number of carboxylic acids is 1. The Morgan fingerprint density at radius 2 is 1.95 bits per heavy atom. The number of carboxylic acid groups (broad SMARTS) is 1.